The summed E-state index contributed by atoms with van der Waals surface area (Å²) in [5.74, 6) is 1.27. The molecule has 0 aliphatic carbocycles. The zero-order valence-electron chi connectivity index (χ0n) is 13.7. The first kappa shape index (κ1) is 17.2. The fourth-order valence-electron chi connectivity index (χ4n) is 2.27. The summed E-state index contributed by atoms with van der Waals surface area (Å²) in [4.78, 5) is 11.9. The van der Waals surface area contributed by atoms with Crippen LogP contribution < -0.4 is 5.32 Å². The lowest BCUT2D eigenvalue weighted by Gasteiger charge is -2.04. The van der Waals surface area contributed by atoms with Crippen LogP contribution in [0.5, 0.6) is 0 Å². The van der Waals surface area contributed by atoms with Crippen molar-refractivity contribution >= 4 is 17.5 Å². The van der Waals surface area contributed by atoms with E-state index in [9.17, 15) is 4.79 Å². The zero-order chi connectivity index (χ0) is 17.6. The first-order chi connectivity index (χ1) is 12.1. The highest BCUT2D eigenvalue weighted by Crippen LogP contribution is 2.17. The van der Waals surface area contributed by atoms with Crippen molar-refractivity contribution in [2.24, 2.45) is 0 Å². The molecule has 0 aliphatic heterocycles. The van der Waals surface area contributed by atoms with Gasteiger partial charge in [0.1, 0.15) is 5.76 Å². The molecule has 0 spiro atoms. The molecule has 25 heavy (non-hydrogen) atoms. The largest absolute Gasteiger partial charge is 0.419 e. The third-order valence-electron chi connectivity index (χ3n) is 3.50. The molecule has 1 amide bonds. The molecular weight excluding hydrogens is 344 g/mol. The summed E-state index contributed by atoms with van der Waals surface area (Å²) in [6.07, 6.45) is 1.37. The number of carbonyl (C=O) groups excluding carboxylic acids is 1. The van der Waals surface area contributed by atoms with Crippen LogP contribution in [-0.2, 0) is 17.6 Å². The van der Waals surface area contributed by atoms with E-state index in [-0.39, 0.29) is 18.2 Å². The Labute approximate surface area is 149 Å². The van der Waals surface area contributed by atoms with Gasteiger partial charge in [-0.25, -0.2) is 0 Å². The number of nitrogens with zero attached hydrogens (tertiary/aromatic N) is 3. The van der Waals surface area contributed by atoms with Gasteiger partial charge in [0, 0.05) is 30.5 Å². The monoisotopic (exact) mass is 360 g/mol. The highest BCUT2D eigenvalue weighted by atomic mass is 35.5. The summed E-state index contributed by atoms with van der Waals surface area (Å²) < 4.78 is 10.4. The maximum absolute atomic E-state index is 11.9. The molecule has 3 rings (SSSR count). The van der Waals surface area contributed by atoms with Crippen molar-refractivity contribution in [2.45, 2.75) is 26.2 Å². The first-order valence-corrected chi connectivity index (χ1v) is 8.25. The Hall–Kier alpha value is -2.67. The van der Waals surface area contributed by atoms with Gasteiger partial charge in [-0.05, 0) is 31.0 Å². The first-order valence-electron chi connectivity index (χ1n) is 7.87. The third-order valence-corrected chi connectivity index (χ3v) is 3.74. The van der Waals surface area contributed by atoms with Crippen LogP contribution in [0, 0.1) is 6.92 Å². The molecule has 0 aliphatic rings. The number of halogens is 1. The van der Waals surface area contributed by atoms with Crippen LogP contribution in [-0.4, -0.2) is 27.8 Å². The Morgan fingerprint density at radius 2 is 2.12 bits per heavy atom. The summed E-state index contributed by atoms with van der Waals surface area (Å²) in [5, 5.41) is 15.2. The van der Waals surface area contributed by atoms with Crippen LogP contribution in [0.1, 0.15) is 23.6 Å². The standard InChI is InChI=1S/C17H17ClN4O3/c1-11-9-14(22-25-11)17-21-20-16(24-17)6-5-15(23)19-8-7-12-3-2-4-13(18)10-12/h2-4,9-10H,5-8H2,1H3,(H,19,23). The molecule has 0 unspecified atom stereocenters. The number of amides is 1. The second-order valence-corrected chi connectivity index (χ2v) is 5.99. The normalized spacial score (nSPS) is 10.8. The fraction of sp³-hybridized carbons (Fsp3) is 0.294. The summed E-state index contributed by atoms with van der Waals surface area (Å²) >= 11 is 5.93. The summed E-state index contributed by atoms with van der Waals surface area (Å²) in [7, 11) is 0. The predicted octanol–water partition coefficient (Wildman–Crippen LogP) is 2.98. The van der Waals surface area contributed by atoms with E-state index in [1.807, 2.05) is 24.3 Å². The molecule has 7 nitrogen and oxygen atoms in total. The molecule has 130 valence electrons. The Bertz CT molecular complexity index is 859. The smallest absolute Gasteiger partial charge is 0.269 e. The molecular formula is C17H17ClN4O3. The number of aromatic nitrogens is 3. The Morgan fingerprint density at radius 3 is 2.88 bits per heavy atom. The molecule has 1 aromatic carbocycles. The average Bonchev–Trinajstić information content (AvgIpc) is 3.22. The number of nitrogens with one attached hydrogen (secondary N) is 1. The van der Waals surface area contributed by atoms with Crippen molar-refractivity contribution in [1.82, 2.24) is 20.7 Å². The van der Waals surface area contributed by atoms with Crippen molar-refractivity contribution in [3.8, 4) is 11.6 Å². The molecule has 3 aromatic rings. The predicted molar refractivity (Wildman–Crippen MR) is 91.0 cm³/mol. The second kappa shape index (κ2) is 7.94. The van der Waals surface area contributed by atoms with E-state index in [2.05, 4.69) is 20.7 Å². The van der Waals surface area contributed by atoms with Crippen molar-refractivity contribution < 1.29 is 13.7 Å². The number of hydrogen-bond donors (Lipinski definition) is 1. The van der Waals surface area contributed by atoms with Gasteiger partial charge in [0.05, 0.1) is 0 Å². The lowest BCUT2D eigenvalue weighted by molar-refractivity contribution is -0.121. The summed E-state index contributed by atoms with van der Waals surface area (Å²) in [5.41, 5.74) is 1.57. The summed E-state index contributed by atoms with van der Waals surface area (Å²) in [6.45, 7) is 2.33. The molecule has 1 N–H and O–H groups in total. The Balaban J connectivity index is 1.42. The number of rotatable bonds is 7. The second-order valence-electron chi connectivity index (χ2n) is 5.55. The quantitative estimate of drug-likeness (QED) is 0.696. The average molecular weight is 361 g/mol. The Kier molecular flexibility index (Phi) is 5.45. The van der Waals surface area contributed by atoms with Crippen LogP contribution in [0.4, 0.5) is 0 Å². The van der Waals surface area contributed by atoms with Gasteiger partial charge in [-0.3, -0.25) is 4.79 Å². The zero-order valence-corrected chi connectivity index (χ0v) is 14.4. The van der Waals surface area contributed by atoms with Gasteiger partial charge in [0.2, 0.25) is 11.8 Å². The van der Waals surface area contributed by atoms with E-state index in [1.54, 1.807) is 13.0 Å². The van der Waals surface area contributed by atoms with Crippen LogP contribution in [0.3, 0.4) is 0 Å². The lowest BCUT2D eigenvalue weighted by Crippen LogP contribution is -2.25. The minimum absolute atomic E-state index is 0.0703. The van der Waals surface area contributed by atoms with Gasteiger partial charge in [0.15, 0.2) is 5.69 Å². The maximum atomic E-state index is 11.9. The van der Waals surface area contributed by atoms with Gasteiger partial charge >= 0.3 is 0 Å². The number of hydrogen-bond acceptors (Lipinski definition) is 6. The van der Waals surface area contributed by atoms with Crippen molar-refractivity contribution in [3.05, 3.63) is 52.6 Å². The molecule has 0 saturated carbocycles. The third kappa shape index (κ3) is 4.90. The van der Waals surface area contributed by atoms with Crippen molar-refractivity contribution in [3.63, 3.8) is 0 Å². The molecule has 2 aromatic heterocycles. The van der Waals surface area contributed by atoms with E-state index < -0.39 is 0 Å². The molecule has 8 heteroatoms. The van der Waals surface area contributed by atoms with Gasteiger partial charge in [-0.2, -0.15) is 0 Å². The van der Waals surface area contributed by atoms with Gasteiger partial charge in [-0.1, -0.05) is 28.9 Å². The van der Waals surface area contributed by atoms with E-state index >= 15 is 0 Å². The van der Waals surface area contributed by atoms with Crippen molar-refractivity contribution in [1.29, 1.82) is 0 Å². The highest BCUT2D eigenvalue weighted by molar-refractivity contribution is 6.30. The van der Waals surface area contributed by atoms with Gasteiger partial charge < -0.3 is 14.3 Å². The molecule has 0 bridgehead atoms. The van der Waals surface area contributed by atoms with Crippen LogP contribution in [0.2, 0.25) is 5.02 Å². The minimum atomic E-state index is -0.0703. The lowest BCUT2D eigenvalue weighted by atomic mass is 10.1. The van der Waals surface area contributed by atoms with Crippen LogP contribution in [0.15, 0.2) is 39.3 Å². The summed E-state index contributed by atoms with van der Waals surface area (Å²) in [6, 6.07) is 9.29. The van der Waals surface area contributed by atoms with E-state index in [0.29, 0.717) is 35.3 Å². The van der Waals surface area contributed by atoms with E-state index in [0.717, 1.165) is 12.0 Å². The van der Waals surface area contributed by atoms with Gasteiger partial charge in [0.25, 0.3) is 5.89 Å². The number of benzene rings is 1. The van der Waals surface area contributed by atoms with Crippen molar-refractivity contribution in [2.75, 3.05) is 6.54 Å². The molecule has 0 radical (unpaired) electrons. The molecule has 0 atom stereocenters. The maximum Gasteiger partial charge on any atom is 0.269 e. The van der Waals surface area contributed by atoms with Gasteiger partial charge in [-0.15, -0.1) is 10.2 Å². The topological polar surface area (TPSA) is 94.1 Å². The van der Waals surface area contributed by atoms with E-state index in [1.165, 1.54) is 0 Å². The Morgan fingerprint density at radius 1 is 1.24 bits per heavy atom. The highest BCUT2D eigenvalue weighted by Gasteiger charge is 2.13. The van der Waals surface area contributed by atoms with Crippen LogP contribution in [0.25, 0.3) is 11.6 Å². The number of aryl methyl sites for hydroxylation is 2. The van der Waals surface area contributed by atoms with Crippen LogP contribution >= 0.6 is 11.6 Å². The molecule has 2 heterocycles. The molecule has 0 fully saturated rings. The molecule has 0 saturated heterocycles. The minimum Gasteiger partial charge on any atom is -0.419 e. The SMILES string of the molecule is Cc1cc(-c2nnc(CCC(=O)NCCc3cccc(Cl)c3)o2)no1. The number of carbonyl (C=O) groups is 1. The van der Waals surface area contributed by atoms with E-state index in [4.69, 9.17) is 20.5 Å². The fourth-order valence-corrected chi connectivity index (χ4v) is 2.49.